The number of rotatable bonds is 8. The molecule has 8 heteroatoms. The first-order valence-electron chi connectivity index (χ1n) is 16.3. The van der Waals surface area contributed by atoms with Gasteiger partial charge in [0.25, 0.3) is 5.91 Å². The minimum Gasteiger partial charge on any atom is -0.395 e. The van der Waals surface area contributed by atoms with Crippen LogP contribution in [0.5, 0.6) is 0 Å². The van der Waals surface area contributed by atoms with Crippen LogP contribution in [0.2, 0.25) is 18.6 Å². The normalized spacial score (nSPS) is 36.5. The minimum absolute atomic E-state index is 0.0538. The number of hydrogen-bond donors (Lipinski definition) is 1. The highest BCUT2D eigenvalue weighted by Gasteiger charge is 2.71. The SMILES string of the molecule is C[C@@H]1[C@@H]([Si](C)(C)F)[C@H](CC(=O)N(CCO)CC2CCCCC2)O[C@@]12C(=O)N(C1CCCCC1)C1CCCCC12. The quantitative estimate of drug-likeness (QED) is 0.298. The molecular formula is C31H53FN2O4Si. The highest BCUT2D eigenvalue weighted by atomic mass is 28.4. The van der Waals surface area contributed by atoms with Crippen LogP contribution in [0.1, 0.15) is 103 Å². The summed E-state index contributed by atoms with van der Waals surface area (Å²) in [6.07, 6.45) is 15.3. The van der Waals surface area contributed by atoms with Gasteiger partial charge in [-0.2, -0.15) is 0 Å². The summed E-state index contributed by atoms with van der Waals surface area (Å²) in [5, 5.41) is 9.76. The number of aliphatic hydroxyl groups is 1. The monoisotopic (exact) mass is 564 g/mol. The van der Waals surface area contributed by atoms with E-state index in [2.05, 4.69) is 11.8 Å². The molecule has 0 aromatic heterocycles. The fourth-order valence-corrected chi connectivity index (χ4v) is 12.1. The van der Waals surface area contributed by atoms with Gasteiger partial charge in [-0.15, -0.1) is 0 Å². The van der Waals surface area contributed by atoms with Crippen molar-refractivity contribution in [1.29, 1.82) is 0 Å². The largest absolute Gasteiger partial charge is 0.395 e. The van der Waals surface area contributed by atoms with E-state index >= 15 is 4.11 Å². The van der Waals surface area contributed by atoms with Crippen LogP contribution in [0.3, 0.4) is 0 Å². The molecule has 2 saturated heterocycles. The van der Waals surface area contributed by atoms with Crippen LogP contribution in [0.25, 0.3) is 0 Å². The van der Waals surface area contributed by atoms with Crippen molar-refractivity contribution in [3.63, 3.8) is 0 Å². The zero-order valence-electron chi connectivity index (χ0n) is 24.7. The number of fused-ring (bicyclic) bond motifs is 2. The minimum atomic E-state index is -3.27. The van der Waals surface area contributed by atoms with Crippen LogP contribution >= 0.6 is 0 Å². The summed E-state index contributed by atoms with van der Waals surface area (Å²) in [6.45, 7) is 6.42. The predicted molar refractivity (Wildman–Crippen MR) is 153 cm³/mol. The Labute approximate surface area is 236 Å². The predicted octanol–water partition coefficient (Wildman–Crippen LogP) is 5.83. The lowest BCUT2D eigenvalue weighted by atomic mass is 9.71. The molecule has 39 heavy (non-hydrogen) atoms. The van der Waals surface area contributed by atoms with Crippen LogP contribution in [0, 0.1) is 17.8 Å². The van der Waals surface area contributed by atoms with E-state index in [0.29, 0.717) is 19.0 Å². The van der Waals surface area contributed by atoms with Crippen molar-refractivity contribution in [1.82, 2.24) is 9.80 Å². The van der Waals surface area contributed by atoms with Gasteiger partial charge >= 0.3 is 0 Å². The third kappa shape index (κ3) is 5.60. The number of amides is 2. The van der Waals surface area contributed by atoms with E-state index < -0.39 is 25.7 Å². The Morgan fingerprint density at radius 3 is 2.28 bits per heavy atom. The van der Waals surface area contributed by atoms with Crippen molar-refractivity contribution in [3.8, 4) is 0 Å². The molecule has 1 N–H and O–H groups in total. The standard InChI is InChI=1S/C31H53FN2O4Si/c1-22-29(39(2,3)32)27(20-28(36)33(18-19-35)21-23-12-6-4-7-13-23)38-31(22)25-16-10-11-17-26(25)34(30(31)37)24-14-8-5-9-15-24/h22-27,29,35H,4-21H2,1-3H3/t22-,25?,26?,27+,29-,31+/m1/s1. The maximum absolute atomic E-state index is 16.2. The molecule has 5 aliphatic rings. The number of carbonyl (C=O) groups is 2. The van der Waals surface area contributed by atoms with Gasteiger partial charge in [-0.05, 0) is 63.5 Å². The van der Waals surface area contributed by atoms with Gasteiger partial charge in [0.15, 0.2) is 5.60 Å². The molecule has 2 amide bonds. The molecule has 2 aliphatic heterocycles. The van der Waals surface area contributed by atoms with Crippen LogP contribution in [-0.2, 0) is 14.3 Å². The van der Waals surface area contributed by atoms with Gasteiger partial charge in [0.05, 0.1) is 19.1 Å². The van der Waals surface area contributed by atoms with Crippen molar-refractivity contribution in [2.24, 2.45) is 17.8 Å². The topological polar surface area (TPSA) is 70.1 Å². The van der Waals surface area contributed by atoms with E-state index in [4.69, 9.17) is 4.74 Å². The molecule has 6 atom stereocenters. The van der Waals surface area contributed by atoms with Crippen LogP contribution < -0.4 is 0 Å². The third-order valence-corrected chi connectivity index (χ3v) is 13.7. The Morgan fingerprint density at radius 2 is 1.64 bits per heavy atom. The molecule has 5 fully saturated rings. The van der Waals surface area contributed by atoms with Crippen LogP contribution in [-0.4, -0.2) is 78.6 Å². The molecule has 6 nitrogen and oxygen atoms in total. The van der Waals surface area contributed by atoms with E-state index in [-0.39, 0.29) is 48.8 Å². The smallest absolute Gasteiger partial charge is 0.256 e. The molecule has 3 saturated carbocycles. The fraction of sp³-hybridized carbons (Fsp3) is 0.935. The van der Waals surface area contributed by atoms with E-state index in [0.717, 1.165) is 51.4 Å². The van der Waals surface area contributed by atoms with Gasteiger partial charge in [0, 0.05) is 36.6 Å². The Kier molecular flexibility index (Phi) is 9.14. The van der Waals surface area contributed by atoms with Gasteiger partial charge < -0.3 is 23.8 Å². The molecule has 0 aromatic rings. The Balaban J connectivity index is 1.41. The van der Waals surface area contributed by atoms with E-state index in [1.54, 1.807) is 18.0 Å². The number of hydrogen-bond acceptors (Lipinski definition) is 4. The number of carbonyl (C=O) groups excluding carboxylic acids is 2. The Bertz CT molecular complexity index is 871. The zero-order chi connectivity index (χ0) is 27.8. The molecule has 222 valence electrons. The van der Waals surface area contributed by atoms with Crippen LogP contribution in [0.15, 0.2) is 0 Å². The van der Waals surface area contributed by atoms with Crippen molar-refractivity contribution in [2.45, 2.75) is 146 Å². The second-order valence-electron chi connectivity index (χ2n) is 14.1. The van der Waals surface area contributed by atoms with Crippen molar-refractivity contribution in [3.05, 3.63) is 0 Å². The number of nitrogens with zero attached hydrogens (tertiary/aromatic N) is 2. The third-order valence-electron chi connectivity index (χ3n) is 11.2. The summed E-state index contributed by atoms with van der Waals surface area (Å²) in [7, 11) is -3.27. The second kappa shape index (κ2) is 12.1. The van der Waals surface area contributed by atoms with Gasteiger partial charge in [-0.1, -0.05) is 58.3 Å². The first kappa shape index (κ1) is 29.5. The molecule has 2 heterocycles. The van der Waals surface area contributed by atoms with Gasteiger partial charge in [0.2, 0.25) is 14.3 Å². The average Bonchev–Trinajstić information content (AvgIpc) is 3.35. The first-order valence-corrected chi connectivity index (χ1v) is 19.2. The highest BCUT2D eigenvalue weighted by molar-refractivity contribution is 6.72. The highest BCUT2D eigenvalue weighted by Crippen LogP contribution is 2.60. The maximum Gasteiger partial charge on any atom is 0.256 e. The Hall–Kier alpha value is -0.993. The van der Waals surface area contributed by atoms with E-state index in [1.165, 1.54) is 38.5 Å². The van der Waals surface area contributed by atoms with Crippen molar-refractivity contribution in [2.75, 3.05) is 19.7 Å². The number of halogens is 1. The molecule has 2 unspecified atom stereocenters. The average molecular weight is 565 g/mol. The molecule has 0 bridgehead atoms. The number of aliphatic hydroxyl groups excluding tert-OH is 1. The van der Waals surface area contributed by atoms with Crippen molar-refractivity contribution < 1.29 is 23.5 Å². The summed E-state index contributed by atoms with van der Waals surface area (Å²) >= 11 is 0. The molecular weight excluding hydrogens is 511 g/mol. The van der Waals surface area contributed by atoms with Crippen LogP contribution in [0.4, 0.5) is 4.11 Å². The summed E-state index contributed by atoms with van der Waals surface area (Å²) in [5.74, 6) is 0.368. The van der Waals surface area contributed by atoms with Gasteiger partial charge in [-0.25, -0.2) is 0 Å². The lowest BCUT2D eigenvalue weighted by Gasteiger charge is -2.39. The second-order valence-corrected chi connectivity index (χ2v) is 17.9. The molecule has 3 aliphatic carbocycles. The number of ether oxygens (including phenoxy) is 1. The lowest BCUT2D eigenvalue weighted by molar-refractivity contribution is -0.159. The van der Waals surface area contributed by atoms with E-state index in [9.17, 15) is 14.7 Å². The van der Waals surface area contributed by atoms with Gasteiger partial charge in [0.1, 0.15) is 0 Å². The van der Waals surface area contributed by atoms with E-state index in [1.807, 2.05) is 0 Å². The lowest BCUT2D eigenvalue weighted by Crippen LogP contribution is -2.50. The van der Waals surface area contributed by atoms with Crippen molar-refractivity contribution >= 4 is 20.2 Å². The molecule has 5 rings (SSSR count). The number of likely N-dealkylation sites (tertiary alicyclic amines) is 1. The van der Waals surface area contributed by atoms with Gasteiger partial charge in [-0.3, -0.25) is 9.59 Å². The Morgan fingerprint density at radius 1 is 1.03 bits per heavy atom. The summed E-state index contributed by atoms with van der Waals surface area (Å²) in [4.78, 5) is 32.3. The summed E-state index contributed by atoms with van der Waals surface area (Å²) in [5.41, 5.74) is -1.40. The molecule has 1 spiro atoms. The summed E-state index contributed by atoms with van der Waals surface area (Å²) < 4.78 is 23.1. The fourth-order valence-electron chi connectivity index (χ4n) is 9.57. The first-order chi connectivity index (χ1) is 18.7. The molecule has 0 aromatic carbocycles. The molecule has 0 radical (unpaired) electrons. The maximum atomic E-state index is 16.2. The zero-order valence-corrected chi connectivity index (χ0v) is 25.7. The summed E-state index contributed by atoms with van der Waals surface area (Å²) in [6, 6.07) is 0.464.